The van der Waals surface area contributed by atoms with Gasteiger partial charge in [0.05, 0.1) is 11.4 Å². The van der Waals surface area contributed by atoms with Crippen LogP contribution in [0.1, 0.15) is 10.5 Å². The fourth-order valence-electron chi connectivity index (χ4n) is 1.38. The van der Waals surface area contributed by atoms with E-state index in [1.54, 1.807) is 12.1 Å². The summed E-state index contributed by atoms with van der Waals surface area (Å²) in [4.78, 5) is 16.0. The number of amides is 1. The molecule has 0 atom stereocenters. The molecular formula is C12H9BrIN3O. The third-order valence-corrected chi connectivity index (χ3v) is 3.59. The van der Waals surface area contributed by atoms with Crippen LogP contribution in [0.3, 0.4) is 0 Å². The first-order chi connectivity index (χ1) is 8.58. The van der Waals surface area contributed by atoms with Gasteiger partial charge in [-0.05, 0) is 68.9 Å². The van der Waals surface area contributed by atoms with Gasteiger partial charge in [0, 0.05) is 14.2 Å². The first-order valence-electron chi connectivity index (χ1n) is 5.05. The molecule has 0 saturated carbocycles. The fraction of sp³-hybridized carbons (Fsp3) is 0. The predicted octanol–water partition coefficient (Wildman–Crippen LogP) is 3.28. The molecule has 0 bridgehead atoms. The Morgan fingerprint density at radius 1 is 1.39 bits per heavy atom. The van der Waals surface area contributed by atoms with Crippen molar-refractivity contribution in [3.63, 3.8) is 0 Å². The van der Waals surface area contributed by atoms with Crippen molar-refractivity contribution in [3.05, 3.63) is 50.3 Å². The number of rotatable bonds is 2. The largest absolute Gasteiger partial charge is 0.397 e. The van der Waals surface area contributed by atoms with Crippen LogP contribution in [0.4, 0.5) is 11.4 Å². The van der Waals surface area contributed by atoms with E-state index in [1.165, 1.54) is 6.20 Å². The number of aromatic nitrogens is 1. The van der Waals surface area contributed by atoms with E-state index in [2.05, 4.69) is 48.8 Å². The van der Waals surface area contributed by atoms with Gasteiger partial charge in [-0.2, -0.15) is 0 Å². The van der Waals surface area contributed by atoms with E-state index < -0.39 is 0 Å². The highest BCUT2D eigenvalue weighted by Gasteiger charge is 2.12. The van der Waals surface area contributed by atoms with Gasteiger partial charge in [0.2, 0.25) is 0 Å². The number of hydrogen-bond donors (Lipinski definition) is 2. The third kappa shape index (κ3) is 2.99. The van der Waals surface area contributed by atoms with Gasteiger partial charge in [0.15, 0.2) is 5.69 Å². The van der Waals surface area contributed by atoms with E-state index in [0.717, 1.165) is 8.04 Å². The van der Waals surface area contributed by atoms with Crippen LogP contribution in [0.2, 0.25) is 0 Å². The van der Waals surface area contributed by atoms with Crippen molar-refractivity contribution < 1.29 is 4.79 Å². The van der Waals surface area contributed by atoms with Crippen LogP contribution in [-0.4, -0.2) is 10.9 Å². The summed E-state index contributed by atoms with van der Waals surface area (Å²) in [7, 11) is 0. The lowest BCUT2D eigenvalue weighted by Crippen LogP contribution is -2.16. The topological polar surface area (TPSA) is 68.0 Å². The van der Waals surface area contributed by atoms with Crippen LogP contribution in [0.15, 0.2) is 41.0 Å². The molecule has 0 radical (unpaired) electrons. The predicted molar refractivity (Wildman–Crippen MR) is 83.5 cm³/mol. The number of hydrogen-bond acceptors (Lipinski definition) is 3. The van der Waals surface area contributed by atoms with Crippen molar-refractivity contribution in [2.75, 3.05) is 11.1 Å². The maximum atomic E-state index is 12.0. The van der Waals surface area contributed by atoms with Gasteiger partial charge in [-0.1, -0.05) is 0 Å². The van der Waals surface area contributed by atoms with Gasteiger partial charge >= 0.3 is 0 Å². The quantitative estimate of drug-likeness (QED) is 0.736. The van der Waals surface area contributed by atoms with Gasteiger partial charge in [0.25, 0.3) is 5.91 Å². The highest BCUT2D eigenvalue weighted by molar-refractivity contribution is 14.1. The third-order valence-electron chi connectivity index (χ3n) is 2.23. The van der Waals surface area contributed by atoms with Gasteiger partial charge in [0.1, 0.15) is 0 Å². The summed E-state index contributed by atoms with van der Waals surface area (Å²) in [6.45, 7) is 0. The molecular weight excluding hydrogens is 409 g/mol. The van der Waals surface area contributed by atoms with E-state index in [9.17, 15) is 4.79 Å². The molecule has 92 valence electrons. The first-order valence-corrected chi connectivity index (χ1v) is 6.92. The normalized spacial score (nSPS) is 10.1. The minimum absolute atomic E-state index is 0.225. The van der Waals surface area contributed by atoms with E-state index in [1.807, 2.05) is 18.2 Å². The molecule has 0 unspecified atom stereocenters. The molecule has 6 heteroatoms. The standard InChI is InChI=1S/C12H9BrIN3O/c13-8-4-3-7(14)6-10(8)17-12(18)11-9(15)2-1-5-16-11/h1-6H,15H2,(H,17,18). The smallest absolute Gasteiger partial charge is 0.276 e. The number of nitrogens with two attached hydrogens (primary N) is 1. The monoisotopic (exact) mass is 417 g/mol. The van der Waals surface area contributed by atoms with Crippen molar-refractivity contribution in [2.24, 2.45) is 0 Å². The molecule has 18 heavy (non-hydrogen) atoms. The maximum absolute atomic E-state index is 12.0. The zero-order valence-electron chi connectivity index (χ0n) is 9.15. The summed E-state index contributed by atoms with van der Waals surface area (Å²) in [5.74, 6) is -0.323. The molecule has 2 rings (SSSR count). The number of anilines is 2. The Hall–Kier alpha value is -1.15. The molecule has 4 nitrogen and oxygen atoms in total. The zero-order chi connectivity index (χ0) is 13.1. The number of benzene rings is 1. The minimum atomic E-state index is -0.323. The Morgan fingerprint density at radius 2 is 2.17 bits per heavy atom. The lowest BCUT2D eigenvalue weighted by molar-refractivity contribution is 0.102. The Kier molecular flexibility index (Phi) is 4.18. The van der Waals surface area contributed by atoms with Gasteiger partial charge < -0.3 is 11.1 Å². The number of carbonyl (C=O) groups is 1. The lowest BCUT2D eigenvalue weighted by Gasteiger charge is -2.08. The van der Waals surface area contributed by atoms with Gasteiger partial charge in [-0.25, -0.2) is 4.98 Å². The number of carbonyl (C=O) groups excluding carboxylic acids is 1. The van der Waals surface area contributed by atoms with Crippen LogP contribution in [0, 0.1) is 3.57 Å². The molecule has 0 aliphatic carbocycles. The molecule has 1 aromatic heterocycles. The van der Waals surface area contributed by atoms with Crippen LogP contribution in [-0.2, 0) is 0 Å². The second kappa shape index (κ2) is 5.66. The van der Waals surface area contributed by atoms with E-state index in [4.69, 9.17) is 5.73 Å². The summed E-state index contributed by atoms with van der Waals surface area (Å²) in [6.07, 6.45) is 1.54. The maximum Gasteiger partial charge on any atom is 0.276 e. The molecule has 1 heterocycles. The molecule has 3 N–H and O–H groups in total. The van der Waals surface area contributed by atoms with Crippen LogP contribution >= 0.6 is 38.5 Å². The Bertz CT molecular complexity index is 604. The highest BCUT2D eigenvalue weighted by Crippen LogP contribution is 2.25. The number of pyridine rings is 1. The number of halogens is 2. The van der Waals surface area contributed by atoms with Crippen LogP contribution < -0.4 is 11.1 Å². The van der Waals surface area contributed by atoms with Crippen LogP contribution in [0.5, 0.6) is 0 Å². The molecule has 0 fully saturated rings. The zero-order valence-corrected chi connectivity index (χ0v) is 12.9. The molecule has 2 aromatic rings. The van der Waals surface area contributed by atoms with Gasteiger partial charge in [-0.15, -0.1) is 0 Å². The highest BCUT2D eigenvalue weighted by atomic mass is 127. The van der Waals surface area contributed by atoms with E-state index >= 15 is 0 Å². The van der Waals surface area contributed by atoms with Crippen LogP contribution in [0.25, 0.3) is 0 Å². The summed E-state index contributed by atoms with van der Waals surface area (Å²) in [5, 5.41) is 2.78. The SMILES string of the molecule is Nc1cccnc1C(=O)Nc1cc(I)ccc1Br. The van der Waals surface area contributed by atoms with Gasteiger partial charge in [-0.3, -0.25) is 4.79 Å². The van der Waals surface area contributed by atoms with Crippen molar-refractivity contribution in [3.8, 4) is 0 Å². The van der Waals surface area contributed by atoms with Crippen molar-refractivity contribution in [1.29, 1.82) is 0 Å². The number of nitrogens with zero attached hydrogens (tertiary/aromatic N) is 1. The second-order valence-electron chi connectivity index (χ2n) is 3.52. The molecule has 1 amide bonds. The number of nitrogen functional groups attached to an aromatic ring is 1. The molecule has 0 saturated heterocycles. The minimum Gasteiger partial charge on any atom is -0.397 e. The van der Waals surface area contributed by atoms with E-state index in [-0.39, 0.29) is 11.6 Å². The summed E-state index contributed by atoms with van der Waals surface area (Å²) in [6, 6.07) is 9.01. The van der Waals surface area contributed by atoms with Crippen molar-refractivity contribution in [1.82, 2.24) is 4.98 Å². The second-order valence-corrected chi connectivity index (χ2v) is 5.62. The molecule has 0 spiro atoms. The average molecular weight is 418 g/mol. The Balaban J connectivity index is 2.27. The molecule has 0 aliphatic rings. The summed E-state index contributed by atoms with van der Waals surface area (Å²) >= 11 is 5.56. The van der Waals surface area contributed by atoms with Crippen molar-refractivity contribution in [2.45, 2.75) is 0 Å². The van der Waals surface area contributed by atoms with E-state index in [0.29, 0.717) is 11.4 Å². The first kappa shape index (κ1) is 13.3. The Labute approximate surface area is 126 Å². The lowest BCUT2D eigenvalue weighted by atomic mass is 10.2. The summed E-state index contributed by atoms with van der Waals surface area (Å²) < 4.78 is 1.84. The molecule has 0 aliphatic heterocycles. The Morgan fingerprint density at radius 3 is 2.89 bits per heavy atom. The average Bonchev–Trinajstić information content (AvgIpc) is 2.34. The van der Waals surface area contributed by atoms with Crippen molar-refractivity contribution >= 4 is 55.8 Å². The number of nitrogens with one attached hydrogen (secondary N) is 1. The molecule has 1 aromatic carbocycles. The fourth-order valence-corrected chi connectivity index (χ4v) is 2.22. The summed E-state index contributed by atoms with van der Waals surface area (Å²) in [5.41, 5.74) is 6.98.